The van der Waals surface area contributed by atoms with Gasteiger partial charge in [0, 0.05) is 30.4 Å². The first-order chi connectivity index (χ1) is 13.5. The van der Waals surface area contributed by atoms with Gasteiger partial charge in [0.1, 0.15) is 0 Å². The number of carbonyl (C=O) groups is 2. The number of benzene rings is 1. The molecule has 1 aromatic carbocycles. The molecular weight excluding hydrogens is 354 g/mol. The Morgan fingerprint density at radius 3 is 2.14 bits per heavy atom. The molecule has 1 saturated heterocycles. The first-order valence-electron chi connectivity index (χ1n) is 10.6. The van der Waals surface area contributed by atoms with Crippen molar-refractivity contribution in [1.29, 1.82) is 0 Å². The van der Waals surface area contributed by atoms with Crippen LogP contribution in [0.1, 0.15) is 49.9 Å². The summed E-state index contributed by atoms with van der Waals surface area (Å²) in [5.74, 6) is 1.49. The summed E-state index contributed by atoms with van der Waals surface area (Å²) in [4.78, 5) is 26.9. The summed E-state index contributed by atoms with van der Waals surface area (Å²) >= 11 is 0. The molecule has 1 aliphatic heterocycles. The number of hydrogen-bond acceptors (Lipinski definition) is 4. The van der Waals surface area contributed by atoms with Crippen LogP contribution >= 0.6 is 0 Å². The molecule has 2 amide bonds. The van der Waals surface area contributed by atoms with E-state index in [4.69, 9.17) is 4.74 Å². The number of nitrogens with zero attached hydrogens (tertiary/aromatic N) is 1. The normalized spacial score (nSPS) is 24.9. The molecule has 6 nitrogen and oxygen atoms in total. The average Bonchev–Trinajstić information content (AvgIpc) is 3.56. The molecule has 1 aromatic rings. The van der Waals surface area contributed by atoms with Gasteiger partial charge in [-0.3, -0.25) is 9.59 Å². The van der Waals surface area contributed by atoms with Gasteiger partial charge in [-0.2, -0.15) is 0 Å². The number of nitrogens with one attached hydrogen (secondary N) is 2. The molecule has 152 valence electrons. The standard InChI is InChI=1S/C22H31N3O3/c1-14-12-25(13-15(2)28-14)22(27)18-7-9-19(10-8-18)23-11-20(26)24-21(16-3-4-16)17-5-6-17/h7-10,14-17,21,23H,3-6,11-13H2,1-2H3,(H,24,26). The summed E-state index contributed by atoms with van der Waals surface area (Å²) in [5, 5.41) is 6.39. The van der Waals surface area contributed by atoms with Crippen LogP contribution in [0.25, 0.3) is 0 Å². The van der Waals surface area contributed by atoms with Crippen LogP contribution in [-0.2, 0) is 9.53 Å². The molecule has 2 N–H and O–H groups in total. The molecule has 1 heterocycles. The van der Waals surface area contributed by atoms with Crippen LogP contribution in [0, 0.1) is 11.8 Å². The molecular formula is C22H31N3O3. The third-order valence-corrected chi connectivity index (χ3v) is 5.88. The third-order valence-electron chi connectivity index (χ3n) is 5.88. The summed E-state index contributed by atoms with van der Waals surface area (Å²) in [5.41, 5.74) is 1.52. The number of morpholine rings is 1. The van der Waals surface area contributed by atoms with Gasteiger partial charge in [-0.25, -0.2) is 0 Å². The minimum atomic E-state index is 0.0306. The second kappa shape index (κ2) is 8.11. The minimum Gasteiger partial charge on any atom is -0.376 e. The number of carbonyl (C=O) groups excluding carboxylic acids is 2. The van der Waals surface area contributed by atoms with E-state index in [-0.39, 0.29) is 30.6 Å². The molecule has 3 aliphatic rings. The van der Waals surface area contributed by atoms with Gasteiger partial charge in [0.15, 0.2) is 0 Å². The predicted octanol–water partition coefficient (Wildman–Crippen LogP) is 2.65. The Morgan fingerprint density at radius 2 is 1.61 bits per heavy atom. The maximum absolute atomic E-state index is 12.7. The highest BCUT2D eigenvalue weighted by atomic mass is 16.5. The van der Waals surface area contributed by atoms with Gasteiger partial charge in [0.05, 0.1) is 18.8 Å². The van der Waals surface area contributed by atoms with Crippen molar-refractivity contribution in [3.8, 4) is 0 Å². The van der Waals surface area contributed by atoms with E-state index in [9.17, 15) is 9.59 Å². The lowest BCUT2D eigenvalue weighted by atomic mass is 10.1. The highest BCUT2D eigenvalue weighted by Crippen LogP contribution is 2.44. The zero-order valence-corrected chi connectivity index (χ0v) is 16.8. The van der Waals surface area contributed by atoms with Crippen molar-refractivity contribution in [2.75, 3.05) is 25.0 Å². The first-order valence-corrected chi connectivity index (χ1v) is 10.6. The third kappa shape index (κ3) is 4.85. The molecule has 2 aliphatic carbocycles. The van der Waals surface area contributed by atoms with E-state index < -0.39 is 0 Å². The molecule has 0 aromatic heterocycles. The zero-order chi connectivity index (χ0) is 19.7. The van der Waals surface area contributed by atoms with E-state index in [0.717, 1.165) is 5.69 Å². The Morgan fingerprint density at radius 1 is 1.04 bits per heavy atom. The molecule has 0 spiro atoms. The van der Waals surface area contributed by atoms with Gasteiger partial charge in [0.2, 0.25) is 5.91 Å². The monoisotopic (exact) mass is 385 g/mol. The van der Waals surface area contributed by atoms with Gasteiger partial charge in [-0.15, -0.1) is 0 Å². The van der Waals surface area contributed by atoms with Gasteiger partial charge >= 0.3 is 0 Å². The quantitative estimate of drug-likeness (QED) is 0.757. The van der Waals surface area contributed by atoms with Crippen LogP contribution in [0.15, 0.2) is 24.3 Å². The number of rotatable bonds is 7. The Kier molecular flexibility index (Phi) is 5.58. The highest BCUT2D eigenvalue weighted by molar-refractivity contribution is 5.94. The van der Waals surface area contributed by atoms with E-state index in [1.54, 1.807) is 0 Å². The number of hydrogen-bond donors (Lipinski definition) is 2. The van der Waals surface area contributed by atoms with Gasteiger partial charge in [-0.1, -0.05) is 0 Å². The van der Waals surface area contributed by atoms with E-state index in [1.807, 2.05) is 43.0 Å². The van der Waals surface area contributed by atoms with Gasteiger partial charge in [0.25, 0.3) is 5.91 Å². The van der Waals surface area contributed by atoms with Crippen molar-refractivity contribution in [3.63, 3.8) is 0 Å². The van der Waals surface area contributed by atoms with Crippen LogP contribution in [0.4, 0.5) is 5.69 Å². The van der Waals surface area contributed by atoms with Crippen molar-refractivity contribution in [2.24, 2.45) is 11.8 Å². The molecule has 0 radical (unpaired) electrons. The molecule has 28 heavy (non-hydrogen) atoms. The molecule has 4 rings (SSSR count). The van der Waals surface area contributed by atoms with Crippen LogP contribution < -0.4 is 10.6 Å². The smallest absolute Gasteiger partial charge is 0.254 e. The van der Waals surface area contributed by atoms with Crippen LogP contribution in [0.5, 0.6) is 0 Å². The Bertz CT molecular complexity index is 690. The maximum atomic E-state index is 12.7. The summed E-state index contributed by atoms with van der Waals surface area (Å²) in [6.07, 6.45) is 5.14. The van der Waals surface area contributed by atoms with Crippen LogP contribution in [0.2, 0.25) is 0 Å². The predicted molar refractivity (Wildman–Crippen MR) is 108 cm³/mol. The van der Waals surface area contributed by atoms with Crippen molar-refractivity contribution >= 4 is 17.5 Å². The van der Waals surface area contributed by atoms with Crippen LogP contribution in [-0.4, -0.2) is 54.6 Å². The highest BCUT2D eigenvalue weighted by Gasteiger charge is 2.42. The Balaban J connectivity index is 1.27. The summed E-state index contributed by atoms with van der Waals surface area (Å²) in [6, 6.07) is 7.77. The van der Waals surface area contributed by atoms with E-state index in [2.05, 4.69) is 10.6 Å². The summed E-state index contributed by atoms with van der Waals surface area (Å²) < 4.78 is 5.70. The fourth-order valence-electron chi connectivity index (χ4n) is 4.21. The van der Waals surface area contributed by atoms with Crippen molar-refractivity contribution in [3.05, 3.63) is 29.8 Å². The van der Waals surface area contributed by atoms with Crippen LogP contribution in [0.3, 0.4) is 0 Å². The van der Waals surface area contributed by atoms with Crippen molar-refractivity contribution in [1.82, 2.24) is 10.2 Å². The number of ether oxygens (including phenoxy) is 1. The molecule has 0 bridgehead atoms. The fourth-order valence-corrected chi connectivity index (χ4v) is 4.21. The molecule has 3 fully saturated rings. The number of anilines is 1. The largest absolute Gasteiger partial charge is 0.376 e. The van der Waals surface area contributed by atoms with Gasteiger partial charge < -0.3 is 20.3 Å². The SMILES string of the molecule is CC1CN(C(=O)c2ccc(NCC(=O)NC(C3CC3)C3CC3)cc2)CC(C)O1. The molecule has 2 unspecified atom stereocenters. The minimum absolute atomic E-state index is 0.0306. The van der Waals surface area contributed by atoms with Crippen molar-refractivity contribution < 1.29 is 14.3 Å². The Hall–Kier alpha value is -2.08. The number of amides is 2. The zero-order valence-electron chi connectivity index (χ0n) is 16.8. The second-order valence-electron chi connectivity index (χ2n) is 8.67. The Labute approximate surface area is 167 Å². The maximum Gasteiger partial charge on any atom is 0.254 e. The van der Waals surface area contributed by atoms with Crippen molar-refractivity contribution in [2.45, 2.75) is 57.8 Å². The molecule has 6 heteroatoms. The van der Waals surface area contributed by atoms with E-state index in [0.29, 0.717) is 36.5 Å². The second-order valence-corrected chi connectivity index (χ2v) is 8.67. The average molecular weight is 386 g/mol. The first kappa shape index (κ1) is 19.2. The topological polar surface area (TPSA) is 70.7 Å². The lowest BCUT2D eigenvalue weighted by molar-refractivity contribution is -0.120. The summed E-state index contributed by atoms with van der Waals surface area (Å²) in [7, 11) is 0. The summed E-state index contributed by atoms with van der Waals surface area (Å²) in [6.45, 7) is 5.48. The fraction of sp³-hybridized carbons (Fsp3) is 0.636. The lowest BCUT2D eigenvalue weighted by Crippen LogP contribution is -2.48. The van der Waals surface area contributed by atoms with E-state index in [1.165, 1.54) is 25.7 Å². The molecule has 2 saturated carbocycles. The molecule has 2 atom stereocenters. The lowest BCUT2D eigenvalue weighted by Gasteiger charge is -2.35. The van der Waals surface area contributed by atoms with Gasteiger partial charge in [-0.05, 0) is 75.6 Å². The van der Waals surface area contributed by atoms with E-state index >= 15 is 0 Å².